The van der Waals surface area contributed by atoms with Crippen LogP contribution in [-0.4, -0.2) is 41.3 Å². The minimum atomic E-state index is -0.575. The van der Waals surface area contributed by atoms with Crippen molar-refractivity contribution >= 4 is 22.5 Å². The molecule has 0 fully saturated rings. The van der Waals surface area contributed by atoms with Crippen molar-refractivity contribution in [3.63, 3.8) is 0 Å². The predicted molar refractivity (Wildman–Crippen MR) is 107 cm³/mol. The molecule has 142 valence electrons. The summed E-state index contributed by atoms with van der Waals surface area (Å²) in [5.41, 5.74) is 2.11. The van der Waals surface area contributed by atoms with Crippen molar-refractivity contribution in [3.8, 4) is 5.75 Å². The molecule has 1 amide bonds. The van der Waals surface area contributed by atoms with Crippen molar-refractivity contribution in [2.45, 2.75) is 26.0 Å². The monoisotopic (exact) mass is 367 g/mol. The summed E-state index contributed by atoms with van der Waals surface area (Å²) in [6, 6.07) is 17.0. The van der Waals surface area contributed by atoms with Crippen LogP contribution in [0.15, 0.2) is 54.6 Å². The van der Waals surface area contributed by atoms with E-state index in [0.717, 1.165) is 10.9 Å². The van der Waals surface area contributed by atoms with E-state index in [2.05, 4.69) is 15.6 Å². The second-order valence-corrected chi connectivity index (χ2v) is 6.78. The van der Waals surface area contributed by atoms with Gasteiger partial charge in [-0.15, -0.1) is 0 Å². The van der Waals surface area contributed by atoms with Gasteiger partial charge in [0.25, 0.3) is 5.91 Å². The van der Waals surface area contributed by atoms with Crippen LogP contribution in [0.2, 0.25) is 0 Å². The summed E-state index contributed by atoms with van der Waals surface area (Å²) in [5, 5.41) is 16.9. The Kier molecular flexibility index (Phi) is 6.11. The maximum absolute atomic E-state index is 12.4. The number of carbonyl (C=O) groups excluding carboxylic acids is 1. The molecule has 2 aromatic carbocycles. The molecule has 27 heavy (non-hydrogen) atoms. The quantitative estimate of drug-likeness (QED) is 0.493. The smallest absolute Gasteiger partial charge is 0.272 e. The number of ether oxygens (including phenoxy) is 1. The Labute approximate surface area is 158 Å². The van der Waals surface area contributed by atoms with Gasteiger partial charge in [0.15, 0.2) is 0 Å². The van der Waals surface area contributed by atoms with Gasteiger partial charge in [-0.1, -0.05) is 32.0 Å². The maximum atomic E-state index is 12.4. The fourth-order valence-corrected chi connectivity index (χ4v) is 2.65. The van der Waals surface area contributed by atoms with E-state index in [1.54, 1.807) is 24.3 Å². The molecular weight excluding hydrogens is 342 g/mol. The van der Waals surface area contributed by atoms with E-state index in [-0.39, 0.29) is 12.5 Å². The molecule has 3 rings (SSSR count). The number of hydrogen-bond donors (Lipinski definition) is 4. The van der Waals surface area contributed by atoms with E-state index < -0.39 is 6.10 Å². The van der Waals surface area contributed by atoms with E-state index in [4.69, 9.17) is 4.74 Å². The molecule has 6 nitrogen and oxygen atoms in total. The van der Waals surface area contributed by atoms with Crippen LogP contribution >= 0.6 is 0 Å². The van der Waals surface area contributed by atoms with Crippen molar-refractivity contribution < 1.29 is 14.6 Å². The zero-order chi connectivity index (χ0) is 19.2. The number of aromatic nitrogens is 1. The Morgan fingerprint density at radius 2 is 1.89 bits per heavy atom. The zero-order valence-corrected chi connectivity index (χ0v) is 15.5. The fraction of sp³-hybridized carbons (Fsp3) is 0.286. The number of benzene rings is 2. The van der Waals surface area contributed by atoms with Gasteiger partial charge in [0.1, 0.15) is 24.2 Å². The van der Waals surface area contributed by atoms with Crippen LogP contribution in [0, 0.1) is 0 Å². The number of aliphatic hydroxyl groups excluding tert-OH is 1. The molecule has 0 radical (unpaired) electrons. The molecule has 0 bridgehead atoms. The average molecular weight is 367 g/mol. The van der Waals surface area contributed by atoms with Gasteiger partial charge in [0, 0.05) is 29.2 Å². The molecule has 1 heterocycles. The number of anilines is 1. The van der Waals surface area contributed by atoms with Crippen LogP contribution in [0.4, 0.5) is 5.69 Å². The highest BCUT2D eigenvalue weighted by molar-refractivity contribution is 6.05. The molecule has 0 aliphatic heterocycles. The van der Waals surface area contributed by atoms with Crippen LogP contribution < -0.4 is 15.4 Å². The highest BCUT2D eigenvalue weighted by atomic mass is 16.5. The van der Waals surface area contributed by atoms with Crippen LogP contribution in [0.1, 0.15) is 24.3 Å². The number of aliphatic hydroxyl groups is 1. The lowest BCUT2D eigenvalue weighted by atomic mass is 10.2. The first-order valence-electron chi connectivity index (χ1n) is 9.04. The Morgan fingerprint density at radius 1 is 1.15 bits per heavy atom. The first kappa shape index (κ1) is 18.9. The lowest BCUT2D eigenvalue weighted by molar-refractivity contribution is 0.102. The second kappa shape index (κ2) is 8.70. The molecule has 0 spiro atoms. The number of H-pyrrole nitrogens is 1. The molecule has 1 unspecified atom stereocenters. The Morgan fingerprint density at radius 3 is 2.59 bits per heavy atom. The summed E-state index contributed by atoms with van der Waals surface area (Å²) in [5.74, 6) is 0.442. The SMILES string of the molecule is CC(C)NCC(O)COc1ccc(NC(=O)c2cc3ccccc3[nH]2)cc1. The molecule has 0 saturated carbocycles. The molecule has 0 saturated heterocycles. The molecule has 1 atom stereocenters. The summed E-state index contributed by atoms with van der Waals surface area (Å²) in [7, 11) is 0. The fourth-order valence-electron chi connectivity index (χ4n) is 2.65. The number of amides is 1. The number of fused-ring (bicyclic) bond motifs is 1. The third-order valence-corrected chi connectivity index (χ3v) is 4.09. The topological polar surface area (TPSA) is 86.4 Å². The highest BCUT2D eigenvalue weighted by Crippen LogP contribution is 2.18. The van der Waals surface area contributed by atoms with Gasteiger partial charge in [0.05, 0.1) is 0 Å². The number of aromatic amines is 1. The Balaban J connectivity index is 1.53. The molecule has 6 heteroatoms. The van der Waals surface area contributed by atoms with Crippen LogP contribution in [0.5, 0.6) is 5.75 Å². The van der Waals surface area contributed by atoms with Gasteiger partial charge in [-0.2, -0.15) is 0 Å². The maximum Gasteiger partial charge on any atom is 0.272 e. The van der Waals surface area contributed by atoms with E-state index in [9.17, 15) is 9.90 Å². The summed E-state index contributed by atoms with van der Waals surface area (Å²) in [6.07, 6.45) is -0.575. The second-order valence-electron chi connectivity index (χ2n) is 6.78. The predicted octanol–water partition coefficient (Wildman–Crippen LogP) is 3.16. The summed E-state index contributed by atoms with van der Waals surface area (Å²) in [4.78, 5) is 15.5. The van der Waals surface area contributed by atoms with Crippen molar-refractivity contribution in [1.29, 1.82) is 0 Å². The third kappa shape index (κ3) is 5.32. The molecule has 0 aliphatic carbocycles. The number of hydrogen-bond acceptors (Lipinski definition) is 4. The van der Waals surface area contributed by atoms with Crippen molar-refractivity contribution in [2.24, 2.45) is 0 Å². The van der Waals surface area contributed by atoms with Gasteiger partial charge >= 0.3 is 0 Å². The van der Waals surface area contributed by atoms with Gasteiger partial charge in [-0.05, 0) is 36.4 Å². The summed E-state index contributed by atoms with van der Waals surface area (Å²) >= 11 is 0. The summed E-state index contributed by atoms with van der Waals surface area (Å²) < 4.78 is 5.58. The van der Waals surface area contributed by atoms with Crippen LogP contribution in [0.25, 0.3) is 10.9 Å². The lowest BCUT2D eigenvalue weighted by Crippen LogP contribution is -2.35. The Hall–Kier alpha value is -2.83. The lowest BCUT2D eigenvalue weighted by Gasteiger charge is -2.15. The van der Waals surface area contributed by atoms with Crippen LogP contribution in [-0.2, 0) is 0 Å². The molecule has 1 aromatic heterocycles. The van der Waals surface area contributed by atoms with E-state index in [0.29, 0.717) is 29.7 Å². The minimum Gasteiger partial charge on any atom is -0.491 e. The minimum absolute atomic E-state index is 0.199. The van der Waals surface area contributed by atoms with E-state index in [1.807, 2.05) is 44.2 Å². The number of para-hydroxylation sites is 1. The van der Waals surface area contributed by atoms with Crippen molar-refractivity contribution in [2.75, 3.05) is 18.5 Å². The van der Waals surface area contributed by atoms with Crippen molar-refractivity contribution in [3.05, 3.63) is 60.3 Å². The first-order chi connectivity index (χ1) is 13.0. The first-order valence-corrected chi connectivity index (χ1v) is 9.04. The van der Waals surface area contributed by atoms with E-state index >= 15 is 0 Å². The van der Waals surface area contributed by atoms with Gasteiger partial charge < -0.3 is 25.5 Å². The van der Waals surface area contributed by atoms with Gasteiger partial charge in [0.2, 0.25) is 0 Å². The number of carbonyl (C=O) groups is 1. The van der Waals surface area contributed by atoms with Gasteiger partial charge in [-0.25, -0.2) is 0 Å². The standard InChI is InChI=1S/C21H25N3O3/c1-14(2)22-12-17(25)13-27-18-9-7-16(8-10-18)23-21(26)20-11-15-5-3-4-6-19(15)24-20/h3-11,14,17,22,24-25H,12-13H2,1-2H3,(H,23,26). The normalized spacial score (nSPS) is 12.3. The molecule has 3 aromatic rings. The number of rotatable bonds is 8. The summed E-state index contributed by atoms with van der Waals surface area (Å²) in [6.45, 7) is 4.74. The molecular formula is C21H25N3O3. The van der Waals surface area contributed by atoms with E-state index in [1.165, 1.54) is 0 Å². The largest absolute Gasteiger partial charge is 0.491 e. The molecule has 0 aliphatic rings. The molecule has 4 N–H and O–H groups in total. The van der Waals surface area contributed by atoms with Crippen LogP contribution in [0.3, 0.4) is 0 Å². The highest BCUT2D eigenvalue weighted by Gasteiger charge is 2.10. The average Bonchev–Trinajstić information content (AvgIpc) is 3.10. The van der Waals surface area contributed by atoms with Gasteiger partial charge in [-0.3, -0.25) is 4.79 Å². The zero-order valence-electron chi connectivity index (χ0n) is 15.5. The number of nitrogens with one attached hydrogen (secondary N) is 3. The Bertz CT molecular complexity index is 854. The van der Waals surface area contributed by atoms with Crippen molar-refractivity contribution in [1.82, 2.24) is 10.3 Å². The third-order valence-electron chi connectivity index (χ3n) is 4.09.